The van der Waals surface area contributed by atoms with E-state index in [1.54, 1.807) is 36.4 Å². The van der Waals surface area contributed by atoms with Gasteiger partial charge in [-0.2, -0.15) is 0 Å². The van der Waals surface area contributed by atoms with Crippen molar-refractivity contribution < 1.29 is 14.6 Å². The van der Waals surface area contributed by atoms with Gasteiger partial charge in [-0.1, -0.05) is 71.4 Å². The van der Waals surface area contributed by atoms with Crippen molar-refractivity contribution in [2.24, 2.45) is 5.16 Å². The van der Waals surface area contributed by atoms with Crippen LogP contribution in [0.4, 0.5) is 5.69 Å². The van der Waals surface area contributed by atoms with E-state index < -0.39 is 10.9 Å². The molecule has 28 heavy (non-hydrogen) atoms. The van der Waals surface area contributed by atoms with Crippen molar-refractivity contribution in [3.05, 3.63) is 111 Å². The summed E-state index contributed by atoms with van der Waals surface area (Å²) in [5, 5.41) is 15.1. The molecule has 0 aliphatic heterocycles. The molecule has 0 radical (unpaired) electrons. The first kappa shape index (κ1) is 19.3. The van der Waals surface area contributed by atoms with Crippen LogP contribution in [0.3, 0.4) is 0 Å². The summed E-state index contributed by atoms with van der Waals surface area (Å²) in [5.41, 5.74) is 2.30. The Labute approximate surface area is 166 Å². The summed E-state index contributed by atoms with van der Waals surface area (Å²) in [7, 11) is 0. The number of non-ortho nitro benzene ring substituents is 1. The van der Waals surface area contributed by atoms with E-state index >= 15 is 0 Å². The molecule has 7 heteroatoms. The zero-order chi connectivity index (χ0) is 19.9. The van der Waals surface area contributed by atoms with Crippen LogP contribution in [-0.4, -0.2) is 16.6 Å². The Morgan fingerprint density at radius 3 is 2.25 bits per heavy atom. The predicted molar refractivity (Wildman–Crippen MR) is 107 cm³/mol. The van der Waals surface area contributed by atoms with Crippen LogP contribution in [0.2, 0.25) is 5.02 Å². The Morgan fingerprint density at radius 2 is 1.61 bits per heavy atom. The molecule has 0 unspecified atom stereocenters. The zero-order valence-corrected chi connectivity index (χ0v) is 15.4. The maximum atomic E-state index is 12.3. The molecule has 0 spiro atoms. The first-order chi connectivity index (χ1) is 13.5. The molecule has 3 aromatic rings. The average molecular weight is 395 g/mol. The lowest BCUT2D eigenvalue weighted by Crippen LogP contribution is -2.09. The fourth-order valence-electron chi connectivity index (χ4n) is 2.52. The standard InChI is InChI=1S/C21H15ClN2O4/c22-19-9-5-4-8-18(19)21(25)28-23-20(16-6-2-1-3-7-16)14-15-10-12-17(13-11-15)24(26)27/h1-13H,14H2/b23-20+. The number of carbonyl (C=O) groups is 1. The summed E-state index contributed by atoms with van der Waals surface area (Å²) in [6, 6.07) is 21.9. The molecule has 0 saturated heterocycles. The van der Waals surface area contributed by atoms with Crippen molar-refractivity contribution in [3.63, 3.8) is 0 Å². The molecule has 0 bridgehead atoms. The molecular weight excluding hydrogens is 380 g/mol. The Hall–Kier alpha value is -3.51. The van der Waals surface area contributed by atoms with Crippen LogP contribution in [0, 0.1) is 10.1 Å². The van der Waals surface area contributed by atoms with Crippen LogP contribution in [0.25, 0.3) is 0 Å². The van der Waals surface area contributed by atoms with Crippen LogP contribution >= 0.6 is 11.6 Å². The van der Waals surface area contributed by atoms with E-state index in [-0.39, 0.29) is 16.3 Å². The quantitative estimate of drug-likeness (QED) is 0.253. The van der Waals surface area contributed by atoms with Crippen LogP contribution in [0.5, 0.6) is 0 Å². The second-order valence-corrected chi connectivity index (χ2v) is 6.27. The number of oxime groups is 1. The van der Waals surface area contributed by atoms with Gasteiger partial charge in [0.05, 0.1) is 21.2 Å². The van der Waals surface area contributed by atoms with Crippen LogP contribution in [0.15, 0.2) is 84.0 Å². The summed E-state index contributed by atoms with van der Waals surface area (Å²) in [5.74, 6) is -0.664. The van der Waals surface area contributed by atoms with Gasteiger partial charge in [-0.15, -0.1) is 0 Å². The molecule has 0 aromatic heterocycles. The maximum absolute atomic E-state index is 12.3. The van der Waals surface area contributed by atoms with Crippen molar-refractivity contribution in [3.8, 4) is 0 Å². The van der Waals surface area contributed by atoms with Crippen LogP contribution in [0.1, 0.15) is 21.5 Å². The first-order valence-corrected chi connectivity index (χ1v) is 8.74. The number of hydrogen-bond donors (Lipinski definition) is 0. The van der Waals surface area contributed by atoms with E-state index in [1.807, 2.05) is 30.3 Å². The third-order valence-electron chi connectivity index (χ3n) is 3.96. The van der Waals surface area contributed by atoms with Gasteiger partial charge >= 0.3 is 5.97 Å². The summed E-state index contributed by atoms with van der Waals surface area (Å²) >= 11 is 6.02. The topological polar surface area (TPSA) is 81.8 Å². The van der Waals surface area contributed by atoms with E-state index in [9.17, 15) is 14.9 Å². The largest absolute Gasteiger partial charge is 0.367 e. The van der Waals surface area contributed by atoms with E-state index in [1.165, 1.54) is 12.1 Å². The van der Waals surface area contributed by atoms with E-state index in [4.69, 9.17) is 16.4 Å². The molecule has 0 aliphatic rings. The lowest BCUT2D eigenvalue weighted by molar-refractivity contribution is -0.384. The highest BCUT2D eigenvalue weighted by atomic mass is 35.5. The second kappa shape index (κ2) is 8.92. The number of rotatable bonds is 6. The van der Waals surface area contributed by atoms with E-state index in [0.717, 1.165) is 11.1 Å². The lowest BCUT2D eigenvalue weighted by atomic mass is 10.0. The molecule has 140 valence electrons. The molecule has 0 N–H and O–H groups in total. The Bertz CT molecular complexity index is 1020. The lowest BCUT2D eigenvalue weighted by Gasteiger charge is -2.07. The number of nitrogens with zero attached hydrogens (tertiary/aromatic N) is 2. The van der Waals surface area contributed by atoms with Crippen molar-refractivity contribution in [2.45, 2.75) is 6.42 Å². The minimum atomic E-state index is -0.664. The normalized spacial score (nSPS) is 11.1. The van der Waals surface area contributed by atoms with Crippen molar-refractivity contribution in [1.82, 2.24) is 0 Å². The molecule has 0 atom stereocenters. The monoisotopic (exact) mass is 394 g/mol. The number of nitro groups is 1. The smallest absolute Gasteiger partial charge is 0.312 e. The van der Waals surface area contributed by atoms with Gasteiger partial charge in [-0.25, -0.2) is 4.79 Å². The van der Waals surface area contributed by atoms with Gasteiger partial charge in [0.1, 0.15) is 0 Å². The molecule has 0 amide bonds. The van der Waals surface area contributed by atoms with Gasteiger partial charge in [-0.05, 0) is 23.3 Å². The molecule has 3 aromatic carbocycles. The van der Waals surface area contributed by atoms with Gasteiger partial charge in [0.15, 0.2) is 0 Å². The number of halogens is 1. The Balaban J connectivity index is 1.85. The second-order valence-electron chi connectivity index (χ2n) is 5.86. The molecule has 0 aliphatic carbocycles. The number of benzene rings is 3. The third kappa shape index (κ3) is 4.81. The van der Waals surface area contributed by atoms with Crippen molar-refractivity contribution >= 4 is 29.0 Å². The third-order valence-corrected chi connectivity index (χ3v) is 4.29. The van der Waals surface area contributed by atoms with Crippen molar-refractivity contribution in [1.29, 1.82) is 0 Å². The van der Waals surface area contributed by atoms with Gasteiger partial charge < -0.3 is 4.84 Å². The van der Waals surface area contributed by atoms with Crippen molar-refractivity contribution in [2.75, 3.05) is 0 Å². The van der Waals surface area contributed by atoms with E-state index in [0.29, 0.717) is 12.1 Å². The number of hydrogen-bond acceptors (Lipinski definition) is 5. The zero-order valence-electron chi connectivity index (χ0n) is 14.6. The van der Waals surface area contributed by atoms with Gasteiger partial charge in [-0.3, -0.25) is 10.1 Å². The highest BCUT2D eigenvalue weighted by Crippen LogP contribution is 2.17. The fraction of sp³-hybridized carbons (Fsp3) is 0.0476. The SMILES string of the molecule is O=C(O/N=C(\Cc1ccc([N+](=O)[O-])cc1)c1ccccc1)c1ccccc1Cl. The molecule has 6 nitrogen and oxygen atoms in total. The number of nitro benzene ring substituents is 1. The van der Waals surface area contributed by atoms with E-state index in [2.05, 4.69) is 5.16 Å². The minimum Gasteiger partial charge on any atom is -0.312 e. The van der Waals surface area contributed by atoms with Gasteiger partial charge in [0, 0.05) is 18.6 Å². The Kier molecular flexibility index (Phi) is 6.14. The number of carbonyl (C=O) groups excluding carboxylic acids is 1. The molecule has 0 heterocycles. The highest BCUT2D eigenvalue weighted by molar-refractivity contribution is 6.33. The summed E-state index contributed by atoms with van der Waals surface area (Å²) in [6.45, 7) is 0. The highest BCUT2D eigenvalue weighted by Gasteiger charge is 2.13. The minimum absolute atomic E-state index is 0.00657. The molecular formula is C21H15ClN2O4. The summed E-state index contributed by atoms with van der Waals surface area (Å²) in [6.07, 6.45) is 0.331. The molecule has 0 saturated carbocycles. The Morgan fingerprint density at radius 1 is 0.964 bits per heavy atom. The fourth-order valence-corrected chi connectivity index (χ4v) is 2.73. The van der Waals surface area contributed by atoms with Crippen LogP contribution < -0.4 is 0 Å². The van der Waals surface area contributed by atoms with Gasteiger partial charge in [0.2, 0.25) is 0 Å². The maximum Gasteiger partial charge on any atom is 0.367 e. The predicted octanol–water partition coefficient (Wildman–Crippen LogP) is 5.05. The van der Waals surface area contributed by atoms with Crippen LogP contribution in [-0.2, 0) is 11.3 Å². The summed E-state index contributed by atoms with van der Waals surface area (Å²) in [4.78, 5) is 27.8. The summed E-state index contributed by atoms with van der Waals surface area (Å²) < 4.78 is 0. The molecule has 3 rings (SSSR count). The first-order valence-electron chi connectivity index (χ1n) is 8.36. The van der Waals surface area contributed by atoms with Gasteiger partial charge in [0.25, 0.3) is 5.69 Å². The average Bonchev–Trinajstić information content (AvgIpc) is 2.72. The molecule has 0 fully saturated rings.